The van der Waals surface area contributed by atoms with Gasteiger partial charge < -0.3 is 5.32 Å². The van der Waals surface area contributed by atoms with E-state index in [0.717, 1.165) is 10.0 Å². The number of hydrogen-bond donors (Lipinski definition) is 1. The van der Waals surface area contributed by atoms with Crippen molar-refractivity contribution < 1.29 is 4.39 Å². The van der Waals surface area contributed by atoms with Gasteiger partial charge in [-0.1, -0.05) is 40.2 Å². The maximum atomic E-state index is 13.2. The molecule has 0 fully saturated rings. The third-order valence-electron chi connectivity index (χ3n) is 3.22. The molecule has 1 nitrogen and oxygen atoms in total. The van der Waals surface area contributed by atoms with Crippen LogP contribution < -0.4 is 5.32 Å². The molecule has 1 unspecified atom stereocenters. The summed E-state index contributed by atoms with van der Waals surface area (Å²) in [7, 11) is 0. The highest BCUT2D eigenvalue weighted by Gasteiger charge is 2.11. The molecule has 0 heterocycles. The molecule has 0 radical (unpaired) electrons. The summed E-state index contributed by atoms with van der Waals surface area (Å²) in [5.74, 6) is -0.192. The van der Waals surface area contributed by atoms with Crippen molar-refractivity contribution >= 4 is 15.9 Å². The Bertz CT molecular complexity index is 539. The van der Waals surface area contributed by atoms with Crippen LogP contribution in [0.1, 0.15) is 37.1 Å². The minimum absolute atomic E-state index is 0.106. The standard InChI is InChI=1S/C16H17BrFN/c1-11(13-6-8-15(17)9-7-13)19-12(2)14-4-3-5-16(18)10-14/h3-12,19H,1-2H3/t11-,12?/m0/s1. The summed E-state index contributed by atoms with van der Waals surface area (Å²) in [6, 6.07) is 15.3. The van der Waals surface area contributed by atoms with Crippen LogP contribution >= 0.6 is 15.9 Å². The molecular formula is C16H17BrFN. The Balaban J connectivity index is 2.06. The highest BCUT2D eigenvalue weighted by atomic mass is 79.9. The van der Waals surface area contributed by atoms with Gasteiger partial charge in [0.15, 0.2) is 0 Å². The molecule has 2 aromatic carbocycles. The molecule has 2 atom stereocenters. The molecule has 0 spiro atoms. The van der Waals surface area contributed by atoms with Gasteiger partial charge in [0, 0.05) is 16.6 Å². The summed E-state index contributed by atoms with van der Waals surface area (Å²) in [4.78, 5) is 0. The topological polar surface area (TPSA) is 12.0 Å². The van der Waals surface area contributed by atoms with E-state index in [0.29, 0.717) is 0 Å². The lowest BCUT2D eigenvalue weighted by Gasteiger charge is -2.21. The van der Waals surface area contributed by atoms with Crippen molar-refractivity contribution in [2.24, 2.45) is 0 Å². The Morgan fingerprint density at radius 2 is 1.58 bits per heavy atom. The summed E-state index contributed by atoms with van der Waals surface area (Å²) in [6.45, 7) is 4.16. The second-order valence-corrected chi connectivity index (χ2v) is 5.63. The molecular weight excluding hydrogens is 305 g/mol. The first-order valence-electron chi connectivity index (χ1n) is 6.33. The average Bonchev–Trinajstić information content (AvgIpc) is 2.39. The predicted molar refractivity (Wildman–Crippen MR) is 80.5 cm³/mol. The van der Waals surface area contributed by atoms with Gasteiger partial charge >= 0.3 is 0 Å². The van der Waals surface area contributed by atoms with Crippen molar-refractivity contribution in [3.63, 3.8) is 0 Å². The fourth-order valence-corrected chi connectivity index (χ4v) is 2.36. The van der Waals surface area contributed by atoms with Gasteiger partial charge in [-0.15, -0.1) is 0 Å². The maximum absolute atomic E-state index is 13.2. The zero-order chi connectivity index (χ0) is 13.8. The van der Waals surface area contributed by atoms with Crippen LogP contribution in [0.5, 0.6) is 0 Å². The fraction of sp³-hybridized carbons (Fsp3) is 0.250. The molecule has 19 heavy (non-hydrogen) atoms. The molecule has 0 amide bonds. The van der Waals surface area contributed by atoms with Crippen LogP contribution in [0.25, 0.3) is 0 Å². The van der Waals surface area contributed by atoms with Crippen LogP contribution in [-0.2, 0) is 0 Å². The van der Waals surface area contributed by atoms with E-state index in [9.17, 15) is 4.39 Å². The molecule has 0 saturated heterocycles. The summed E-state index contributed by atoms with van der Waals surface area (Å²) >= 11 is 3.43. The number of benzene rings is 2. The van der Waals surface area contributed by atoms with Gasteiger partial charge in [0.25, 0.3) is 0 Å². The normalized spacial score (nSPS) is 14.1. The summed E-state index contributed by atoms with van der Waals surface area (Å²) in [5.41, 5.74) is 2.18. The third-order valence-corrected chi connectivity index (χ3v) is 3.75. The molecule has 100 valence electrons. The Labute approximate surface area is 122 Å². The monoisotopic (exact) mass is 321 g/mol. The summed E-state index contributed by atoms with van der Waals surface area (Å²) in [5, 5.41) is 3.48. The Kier molecular flexibility index (Phi) is 4.72. The van der Waals surface area contributed by atoms with Crippen LogP contribution in [0.3, 0.4) is 0 Å². The van der Waals surface area contributed by atoms with E-state index < -0.39 is 0 Å². The van der Waals surface area contributed by atoms with Gasteiger partial charge in [0.1, 0.15) is 5.82 Å². The van der Waals surface area contributed by atoms with Gasteiger partial charge in [-0.2, -0.15) is 0 Å². The van der Waals surface area contributed by atoms with E-state index in [1.165, 1.54) is 11.6 Å². The highest BCUT2D eigenvalue weighted by molar-refractivity contribution is 9.10. The van der Waals surface area contributed by atoms with E-state index >= 15 is 0 Å². The van der Waals surface area contributed by atoms with Crippen LogP contribution in [0.2, 0.25) is 0 Å². The van der Waals surface area contributed by atoms with Crippen molar-refractivity contribution in [1.29, 1.82) is 0 Å². The first-order valence-corrected chi connectivity index (χ1v) is 7.12. The minimum Gasteiger partial charge on any atom is -0.304 e. The third kappa shape index (κ3) is 3.88. The van der Waals surface area contributed by atoms with Crippen molar-refractivity contribution in [1.82, 2.24) is 5.32 Å². The Morgan fingerprint density at radius 1 is 0.947 bits per heavy atom. The van der Waals surface area contributed by atoms with Gasteiger partial charge in [0.2, 0.25) is 0 Å². The van der Waals surface area contributed by atoms with Gasteiger partial charge in [0.05, 0.1) is 0 Å². The van der Waals surface area contributed by atoms with Gasteiger partial charge in [-0.05, 0) is 49.2 Å². The molecule has 0 saturated carbocycles. The summed E-state index contributed by atoms with van der Waals surface area (Å²) < 4.78 is 14.3. The van der Waals surface area contributed by atoms with Crippen molar-refractivity contribution in [3.8, 4) is 0 Å². The van der Waals surface area contributed by atoms with Crippen molar-refractivity contribution in [2.45, 2.75) is 25.9 Å². The van der Waals surface area contributed by atoms with Crippen LogP contribution in [0, 0.1) is 5.82 Å². The van der Waals surface area contributed by atoms with Gasteiger partial charge in [-0.25, -0.2) is 4.39 Å². The van der Waals surface area contributed by atoms with E-state index in [4.69, 9.17) is 0 Å². The lowest BCUT2D eigenvalue weighted by atomic mass is 10.0. The van der Waals surface area contributed by atoms with Gasteiger partial charge in [-0.3, -0.25) is 0 Å². The predicted octanol–water partition coefficient (Wildman–Crippen LogP) is 5.00. The number of halogens is 2. The highest BCUT2D eigenvalue weighted by Crippen LogP contribution is 2.21. The molecule has 2 aromatic rings. The molecule has 3 heteroatoms. The van der Waals surface area contributed by atoms with Crippen molar-refractivity contribution in [2.75, 3.05) is 0 Å². The van der Waals surface area contributed by atoms with Crippen molar-refractivity contribution in [3.05, 3.63) is 69.9 Å². The lowest BCUT2D eigenvalue weighted by molar-refractivity contribution is 0.492. The summed E-state index contributed by atoms with van der Waals surface area (Å²) in [6.07, 6.45) is 0. The SMILES string of the molecule is CC(N[C@@H](C)c1ccc(Br)cc1)c1cccc(F)c1. The molecule has 0 aliphatic heterocycles. The molecule has 0 aliphatic rings. The zero-order valence-corrected chi connectivity index (χ0v) is 12.6. The van der Waals surface area contributed by atoms with Crippen LogP contribution in [0.4, 0.5) is 4.39 Å². The van der Waals surface area contributed by atoms with Crippen LogP contribution in [-0.4, -0.2) is 0 Å². The largest absolute Gasteiger partial charge is 0.304 e. The zero-order valence-electron chi connectivity index (χ0n) is 11.0. The van der Waals surface area contributed by atoms with E-state index in [1.54, 1.807) is 12.1 Å². The first-order chi connectivity index (χ1) is 9.06. The van der Waals surface area contributed by atoms with E-state index in [2.05, 4.69) is 40.3 Å². The molecule has 1 N–H and O–H groups in total. The quantitative estimate of drug-likeness (QED) is 0.835. The smallest absolute Gasteiger partial charge is 0.123 e. The van der Waals surface area contributed by atoms with E-state index in [1.807, 2.05) is 25.1 Å². The number of hydrogen-bond acceptors (Lipinski definition) is 1. The number of rotatable bonds is 4. The maximum Gasteiger partial charge on any atom is 0.123 e. The lowest BCUT2D eigenvalue weighted by Crippen LogP contribution is -2.22. The van der Waals surface area contributed by atoms with Crippen LogP contribution in [0.15, 0.2) is 53.0 Å². The molecule has 0 bridgehead atoms. The first kappa shape index (κ1) is 14.2. The Morgan fingerprint density at radius 3 is 2.21 bits per heavy atom. The minimum atomic E-state index is -0.192. The second-order valence-electron chi connectivity index (χ2n) is 4.72. The Hall–Kier alpha value is -1.19. The average molecular weight is 322 g/mol. The second kappa shape index (κ2) is 6.31. The molecule has 0 aromatic heterocycles. The number of nitrogens with one attached hydrogen (secondary N) is 1. The molecule has 2 rings (SSSR count). The molecule has 0 aliphatic carbocycles. The van der Waals surface area contributed by atoms with E-state index in [-0.39, 0.29) is 17.9 Å². The fourth-order valence-electron chi connectivity index (χ4n) is 2.09.